The van der Waals surface area contributed by atoms with Gasteiger partial charge >= 0.3 is 0 Å². The summed E-state index contributed by atoms with van der Waals surface area (Å²) in [4.78, 5) is 11.8. The summed E-state index contributed by atoms with van der Waals surface area (Å²) in [5, 5.41) is 11.8. The average molecular weight is 322 g/mol. The number of hydrogen-bond acceptors (Lipinski definition) is 3. The molecule has 0 fully saturated rings. The Hall–Kier alpha value is -1.24. The van der Waals surface area contributed by atoms with Gasteiger partial charge in [-0.25, -0.2) is 8.78 Å². The van der Waals surface area contributed by atoms with E-state index < -0.39 is 23.6 Å². The molecule has 1 aromatic rings. The van der Waals surface area contributed by atoms with Crippen LogP contribution in [0.5, 0.6) is 0 Å². The first-order chi connectivity index (χ1) is 9.81. The van der Waals surface area contributed by atoms with Crippen LogP contribution in [0.3, 0.4) is 0 Å². The molecule has 0 aliphatic rings. The number of benzene rings is 1. The van der Waals surface area contributed by atoms with E-state index in [1.807, 2.05) is 13.8 Å². The molecular weight excluding hydrogens is 304 g/mol. The van der Waals surface area contributed by atoms with Gasteiger partial charge in [-0.05, 0) is 18.1 Å². The molecule has 1 aromatic carbocycles. The minimum atomic E-state index is -1.16. The van der Waals surface area contributed by atoms with E-state index in [-0.39, 0.29) is 23.7 Å². The number of amides is 1. The molecule has 1 rings (SSSR count). The molecule has 7 heteroatoms. The van der Waals surface area contributed by atoms with Crippen molar-refractivity contribution in [3.8, 4) is 0 Å². The molecule has 0 saturated carbocycles. The Bertz CT molecular complexity index is 497. The van der Waals surface area contributed by atoms with Crippen molar-refractivity contribution in [2.24, 2.45) is 5.92 Å². The molecule has 0 aliphatic carbocycles. The lowest BCUT2D eigenvalue weighted by Gasteiger charge is -2.14. The van der Waals surface area contributed by atoms with Crippen LogP contribution in [0.25, 0.3) is 0 Å². The smallest absolute Gasteiger partial charge is 0.252 e. The van der Waals surface area contributed by atoms with Crippen molar-refractivity contribution in [2.75, 3.05) is 19.8 Å². The van der Waals surface area contributed by atoms with Crippen molar-refractivity contribution in [1.29, 1.82) is 0 Å². The number of carbonyl (C=O) groups is 1. The molecule has 2 N–H and O–H groups in total. The molecule has 0 aromatic heterocycles. The number of hydrogen-bond donors (Lipinski definition) is 2. The van der Waals surface area contributed by atoms with Crippen LogP contribution in [0.1, 0.15) is 24.2 Å². The van der Waals surface area contributed by atoms with E-state index in [9.17, 15) is 18.7 Å². The fourth-order valence-electron chi connectivity index (χ4n) is 1.50. The van der Waals surface area contributed by atoms with Gasteiger partial charge in [-0.3, -0.25) is 4.79 Å². The maximum atomic E-state index is 13.1. The van der Waals surface area contributed by atoms with E-state index in [0.29, 0.717) is 18.6 Å². The summed E-state index contributed by atoms with van der Waals surface area (Å²) < 4.78 is 31.2. The van der Waals surface area contributed by atoms with Crippen LogP contribution in [0.4, 0.5) is 8.78 Å². The first-order valence-corrected chi connectivity index (χ1v) is 6.87. The van der Waals surface area contributed by atoms with E-state index in [0.717, 1.165) is 6.07 Å². The second-order valence-electron chi connectivity index (χ2n) is 5.04. The Labute approximate surface area is 127 Å². The van der Waals surface area contributed by atoms with Crippen molar-refractivity contribution in [1.82, 2.24) is 5.32 Å². The lowest BCUT2D eigenvalue weighted by Crippen LogP contribution is -2.35. The number of nitrogens with one attached hydrogen (secondary N) is 1. The number of rotatable bonds is 7. The quantitative estimate of drug-likeness (QED) is 0.758. The summed E-state index contributed by atoms with van der Waals surface area (Å²) in [6.45, 7) is 4.44. The van der Waals surface area contributed by atoms with Gasteiger partial charge in [0.05, 0.1) is 23.3 Å². The lowest BCUT2D eigenvalue weighted by molar-refractivity contribution is 0.0259. The fraction of sp³-hybridized carbons (Fsp3) is 0.500. The summed E-state index contributed by atoms with van der Waals surface area (Å²) >= 11 is 5.68. The Morgan fingerprint density at radius 1 is 1.33 bits per heavy atom. The van der Waals surface area contributed by atoms with Gasteiger partial charge in [0.2, 0.25) is 0 Å². The molecular formula is C14H18ClF2NO3. The molecule has 0 aliphatic heterocycles. The third-order valence-electron chi connectivity index (χ3n) is 2.51. The van der Waals surface area contributed by atoms with Crippen LogP contribution in [0, 0.1) is 17.6 Å². The highest BCUT2D eigenvalue weighted by Crippen LogP contribution is 2.19. The van der Waals surface area contributed by atoms with Crippen molar-refractivity contribution in [3.63, 3.8) is 0 Å². The zero-order chi connectivity index (χ0) is 16.0. The first-order valence-electron chi connectivity index (χ1n) is 6.49. The Morgan fingerprint density at radius 2 is 1.95 bits per heavy atom. The standard InChI is InChI=1S/C14H18ClF2NO3/c1-8(2)6-21-7-9(19)5-18-14(20)10-3-12(16)13(17)4-11(10)15/h3-4,8-9,19H,5-7H2,1-2H3,(H,18,20). The molecule has 0 saturated heterocycles. The summed E-state index contributed by atoms with van der Waals surface area (Å²) in [5.41, 5.74) is -0.189. The number of carbonyl (C=O) groups excluding carboxylic acids is 1. The number of ether oxygens (including phenoxy) is 1. The molecule has 21 heavy (non-hydrogen) atoms. The van der Waals surface area contributed by atoms with Crippen LogP contribution in [-0.4, -0.2) is 36.9 Å². The van der Waals surface area contributed by atoms with E-state index in [4.69, 9.17) is 16.3 Å². The molecule has 0 spiro atoms. The van der Waals surface area contributed by atoms with Crippen LogP contribution in [-0.2, 0) is 4.74 Å². The van der Waals surface area contributed by atoms with E-state index in [1.54, 1.807) is 0 Å². The molecule has 1 unspecified atom stereocenters. The topological polar surface area (TPSA) is 58.6 Å². The largest absolute Gasteiger partial charge is 0.389 e. The highest BCUT2D eigenvalue weighted by Gasteiger charge is 2.16. The summed E-state index contributed by atoms with van der Waals surface area (Å²) in [7, 11) is 0. The van der Waals surface area contributed by atoms with Gasteiger partial charge in [-0.1, -0.05) is 25.4 Å². The lowest BCUT2D eigenvalue weighted by atomic mass is 10.2. The molecule has 0 bridgehead atoms. The van der Waals surface area contributed by atoms with Crippen molar-refractivity contribution in [3.05, 3.63) is 34.4 Å². The van der Waals surface area contributed by atoms with Gasteiger partial charge in [0.1, 0.15) is 0 Å². The van der Waals surface area contributed by atoms with E-state index in [1.165, 1.54) is 0 Å². The highest BCUT2D eigenvalue weighted by molar-refractivity contribution is 6.33. The molecule has 1 atom stereocenters. The number of halogens is 3. The molecule has 4 nitrogen and oxygen atoms in total. The average Bonchev–Trinajstić information content (AvgIpc) is 2.39. The van der Waals surface area contributed by atoms with Crippen LogP contribution in [0.15, 0.2) is 12.1 Å². The van der Waals surface area contributed by atoms with E-state index in [2.05, 4.69) is 5.32 Å². The summed E-state index contributed by atoms with van der Waals surface area (Å²) in [6.07, 6.45) is -0.892. The van der Waals surface area contributed by atoms with Gasteiger partial charge in [0, 0.05) is 13.2 Å². The third kappa shape index (κ3) is 5.95. The van der Waals surface area contributed by atoms with Crippen molar-refractivity contribution < 1.29 is 23.4 Å². The summed E-state index contributed by atoms with van der Waals surface area (Å²) in [5.74, 6) is -2.64. The van der Waals surface area contributed by atoms with Gasteiger partial charge < -0.3 is 15.2 Å². The summed E-state index contributed by atoms with van der Waals surface area (Å²) in [6, 6.07) is 1.45. The highest BCUT2D eigenvalue weighted by atomic mass is 35.5. The third-order valence-corrected chi connectivity index (χ3v) is 2.83. The molecule has 1 amide bonds. The zero-order valence-corrected chi connectivity index (χ0v) is 12.6. The Morgan fingerprint density at radius 3 is 2.57 bits per heavy atom. The van der Waals surface area contributed by atoms with E-state index >= 15 is 0 Å². The second-order valence-corrected chi connectivity index (χ2v) is 5.45. The number of aliphatic hydroxyl groups excluding tert-OH is 1. The van der Waals surface area contributed by atoms with Crippen LogP contribution < -0.4 is 5.32 Å². The predicted molar refractivity (Wildman–Crippen MR) is 75.4 cm³/mol. The molecule has 118 valence electrons. The normalized spacial score (nSPS) is 12.5. The predicted octanol–water partition coefficient (Wildman–Crippen LogP) is 2.38. The second kappa shape index (κ2) is 8.26. The Kier molecular flexibility index (Phi) is 7.01. The SMILES string of the molecule is CC(C)COCC(O)CNC(=O)c1cc(F)c(F)cc1Cl. The van der Waals surface area contributed by atoms with Crippen LogP contribution >= 0.6 is 11.6 Å². The fourth-order valence-corrected chi connectivity index (χ4v) is 1.74. The monoisotopic (exact) mass is 321 g/mol. The van der Waals surface area contributed by atoms with Gasteiger partial charge in [0.15, 0.2) is 11.6 Å². The Balaban J connectivity index is 2.49. The maximum absolute atomic E-state index is 13.1. The van der Waals surface area contributed by atoms with Gasteiger partial charge in [-0.15, -0.1) is 0 Å². The van der Waals surface area contributed by atoms with Crippen molar-refractivity contribution >= 4 is 17.5 Å². The molecule has 0 heterocycles. The first kappa shape index (κ1) is 17.8. The maximum Gasteiger partial charge on any atom is 0.252 e. The van der Waals surface area contributed by atoms with Gasteiger partial charge in [-0.2, -0.15) is 0 Å². The molecule has 0 radical (unpaired) electrons. The van der Waals surface area contributed by atoms with Crippen molar-refractivity contribution in [2.45, 2.75) is 20.0 Å². The minimum absolute atomic E-state index is 0.0734. The van der Waals surface area contributed by atoms with Crippen LogP contribution in [0.2, 0.25) is 5.02 Å². The zero-order valence-electron chi connectivity index (χ0n) is 11.8. The number of aliphatic hydroxyl groups is 1. The van der Waals surface area contributed by atoms with Gasteiger partial charge in [0.25, 0.3) is 5.91 Å². The minimum Gasteiger partial charge on any atom is -0.389 e.